The standard InChI is InChI=1S/C19H27N3O4S/c1-27(25,26)20-9-13-21-10-6-15(7-11-21)8-12-22-14-17(19(23)24)16-4-2-3-5-18(16)22/h2-5,14-15,20H,6-13H2,1H3,(H,23,24). The van der Waals surface area contributed by atoms with Gasteiger partial charge >= 0.3 is 5.97 Å². The highest BCUT2D eigenvalue weighted by molar-refractivity contribution is 7.88. The van der Waals surface area contributed by atoms with E-state index < -0.39 is 16.0 Å². The van der Waals surface area contributed by atoms with Crippen molar-refractivity contribution in [3.8, 4) is 0 Å². The van der Waals surface area contributed by atoms with Crippen LogP contribution >= 0.6 is 0 Å². The van der Waals surface area contributed by atoms with Crippen LogP contribution < -0.4 is 4.72 Å². The SMILES string of the molecule is CS(=O)(=O)NCCN1CCC(CCn2cc(C(=O)O)c3ccccc32)CC1. The first-order chi connectivity index (χ1) is 12.8. The van der Waals surface area contributed by atoms with Crippen LogP contribution in [0.25, 0.3) is 10.9 Å². The van der Waals surface area contributed by atoms with Crippen LogP contribution in [0.15, 0.2) is 30.5 Å². The zero-order valence-electron chi connectivity index (χ0n) is 15.6. The molecule has 2 heterocycles. The summed E-state index contributed by atoms with van der Waals surface area (Å²) in [5.41, 5.74) is 1.33. The number of carboxylic acids is 1. The third kappa shape index (κ3) is 5.31. The second kappa shape index (κ2) is 8.41. The van der Waals surface area contributed by atoms with Crippen molar-refractivity contribution in [2.24, 2.45) is 5.92 Å². The van der Waals surface area contributed by atoms with Gasteiger partial charge in [0.1, 0.15) is 0 Å². The lowest BCUT2D eigenvalue weighted by atomic mass is 9.93. The summed E-state index contributed by atoms with van der Waals surface area (Å²) in [6.45, 7) is 3.96. The lowest BCUT2D eigenvalue weighted by Gasteiger charge is -2.32. The van der Waals surface area contributed by atoms with Gasteiger partial charge in [-0.15, -0.1) is 0 Å². The van der Waals surface area contributed by atoms with E-state index in [4.69, 9.17) is 0 Å². The Balaban J connectivity index is 1.51. The highest BCUT2D eigenvalue weighted by atomic mass is 32.2. The highest BCUT2D eigenvalue weighted by Crippen LogP contribution is 2.25. The summed E-state index contributed by atoms with van der Waals surface area (Å²) in [5.74, 6) is -0.278. The molecule has 1 aliphatic rings. The quantitative estimate of drug-likeness (QED) is 0.716. The van der Waals surface area contributed by atoms with Crippen LogP contribution in [0.2, 0.25) is 0 Å². The molecular weight excluding hydrogens is 366 g/mol. The van der Waals surface area contributed by atoms with Crippen LogP contribution in [0.4, 0.5) is 0 Å². The van der Waals surface area contributed by atoms with Gasteiger partial charge < -0.3 is 14.6 Å². The summed E-state index contributed by atoms with van der Waals surface area (Å²) in [6, 6.07) is 7.64. The molecule has 1 saturated heterocycles. The lowest BCUT2D eigenvalue weighted by molar-refractivity contribution is 0.0698. The van der Waals surface area contributed by atoms with Gasteiger partial charge in [0.05, 0.1) is 11.8 Å². The van der Waals surface area contributed by atoms with E-state index in [0.29, 0.717) is 18.0 Å². The van der Waals surface area contributed by atoms with Crippen molar-refractivity contribution in [3.63, 3.8) is 0 Å². The number of fused-ring (bicyclic) bond motifs is 1. The van der Waals surface area contributed by atoms with Gasteiger partial charge in [0.25, 0.3) is 0 Å². The van der Waals surface area contributed by atoms with Crippen LogP contribution in [-0.4, -0.2) is 61.4 Å². The fraction of sp³-hybridized carbons (Fsp3) is 0.526. The molecule has 1 aliphatic heterocycles. The van der Waals surface area contributed by atoms with Gasteiger partial charge in [-0.2, -0.15) is 0 Å². The largest absolute Gasteiger partial charge is 0.478 e. The number of aryl methyl sites for hydroxylation is 1. The molecule has 1 fully saturated rings. The summed E-state index contributed by atoms with van der Waals surface area (Å²) >= 11 is 0. The second-order valence-corrected chi connectivity index (χ2v) is 9.13. The molecule has 0 amide bonds. The number of aromatic carboxylic acids is 1. The Kier molecular flexibility index (Phi) is 6.18. The zero-order chi connectivity index (χ0) is 19.4. The summed E-state index contributed by atoms with van der Waals surface area (Å²) in [6.07, 6.45) is 6.12. The van der Waals surface area contributed by atoms with Crippen LogP contribution in [0.1, 0.15) is 29.6 Å². The number of para-hydroxylation sites is 1. The predicted octanol–water partition coefficient (Wildman–Crippen LogP) is 1.99. The molecule has 1 aromatic carbocycles. The average molecular weight is 394 g/mol. The van der Waals surface area contributed by atoms with Gasteiger partial charge in [0.2, 0.25) is 10.0 Å². The maximum absolute atomic E-state index is 11.5. The Morgan fingerprint density at radius 2 is 1.93 bits per heavy atom. The first-order valence-electron chi connectivity index (χ1n) is 9.31. The van der Waals surface area contributed by atoms with E-state index in [9.17, 15) is 18.3 Å². The molecule has 148 valence electrons. The number of sulfonamides is 1. The number of hydrogen-bond donors (Lipinski definition) is 2. The molecule has 0 saturated carbocycles. The Labute approximate surface area is 160 Å². The number of carboxylic acid groups (broad SMARTS) is 1. The van der Waals surface area contributed by atoms with Crippen LogP contribution in [0, 0.1) is 5.92 Å². The molecule has 27 heavy (non-hydrogen) atoms. The average Bonchev–Trinajstić information content (AvgIpc) is 2.99. The number of aromatic nitrogens is 1. The predicted molar refractivity (Wildman–Crippen MR) is 106 cm³/mol. The monoisotopic (exact) mass is 393 g/mol. The topological polar surface area (TPSA) is 91.6 Å². The Morgan fingerprint density at radius 3 is 2.59 bits per heavy atom. The minimum absolute atomic E-state index is 0.360. The molecule has 0 unspecified atom stereocenters. The molecule has 2 aromatic rings. The van der Waals surface area contributed by atoms with Crippen LogP contribution in [-0.2, 0) is 16.6 Å². The number of benzene rings is 1. The van der Waals surface area contributed by atoms with Crippen molar-refractivity contribution < 1.29 is 18.3 Å². The summed E-state index contributed by atoms with van der Waals surface area (Å²) < 4.78 is 26.8. The summed E-state index contributed by atoms with van der Waals surface area (Å²) in [7, 11) is -3.12. The number of nitrogens with one attached hydrogen (secondary N) is 1. The van der Waals surface area contributed by atoms with E-state index in [1.54, 1.807) is 6.20 Å². The van der Waals surface area contributed by atoms with Gasteiger partial charge in [0.15, 0.2) is 0 Å². The van der Waals surface area contributed by atoms with Crippen LogP contribution in [0.3, 0.4) is 0 Å². The molecule has 7 nitrogen and oxygen atoms in total. The van der Waals surface area contributed by atoms with Crippen molar-refractivity contribution in [3.05, 3.63) is 36.0 Å². The lowest BCUT2D eigenvalue weighted by Crippen LogP contribution is -2.39. The third-order valence-corrected chi connectivity index (χ3v) is 6.03. The molecule has 3 rings (SSSR count). The molecule has 0 bridgehead atoms. The third-order valence-electron chi connectivity index (χ3n) is 5.30. The van der Waals surface area contributed by atoms with Gasteiger partial charge in [-0.25, -0.2) is 17.9 Å². The zero-order valence-corrected chi connectivity index (χ0v) is 16.4. The van der Waals surface area contributed by atoms with Gasteiger partial charge in [-0.1, -0.05) is 18.2 Å². The molecule has 0 spiro atoms. The number of piperidine rings is 1. The van der Waals surface area contributed by atoms with Crippen molar-refractivity contribution >= 4 is 26.9 Å². The van der Waals surface area contributed by atoms with E-state index in [0.717, 1.165) is 56.3 Å². The van der Waals surface area contributed by atoms with E-state index in [1.807, 2.05) is 24.3 Å². The maximum Gasteiger partial charge on any atom is 0.337 e. The number of rotatable bonds is 8. The highest BCUT2D eigenvalue weighted by Gasteiger charge is 2.20. The Bertz CT molecular complexity index is 899. The van der Waals surface area contributed by atoms with E-state index in [2.05, 4.69) is 14.2 Å². The molecular formula is C19H27N3O4S. The normalized spacial score (nSPS) is 16.8. The molecule has 0 atom stereocenters. The smallest absolute Gasteiger partial charge is 0.337 e. The number of nitrogens with zero attached hydrogens (tertiary/aromatic N) is 2. The molecule has 8 heteroatoms. The van der Waals surface area contributed by atoms with E-state index in [-0.39, 0.29) is 0 Å². The van der Waals surface area contributed by atoms with Crippen molar-refractivity contribution in [1.29, 1.82) is 0 Å². The van der Waals surface area contributed by atoms with Crippen molar-refractivity contribution in [1.82, 2.24) is 14.2 Å². The number of likely N-dealkylation sites (tertiary alicyclic amines) is 1. The molecule has 2 N–H and O–H groups in total. The maximum atomic E-state index is 11.5. The van der Waals surface area contributed by atoms with Crippen LogP contribution in [0.5, 0.6) is 0 Å². The number of hydrogen-bond acceptors (Lipinski definition) is 4. The number of carbonyl (C=O) groups is 1. The first-order valence-corrected chi connectivity index (χ1v) is 11.2. The van der Waals surface area contributed by atoms with E-state index >= 15 is 0 Å². The molecule has 0 aliphatic carbocycles. The second-order valence-electron chi connectivity index (χ2n) is 7.30. The minimum atomic E-state index is -3.12. The van der Waals surface area contributed by atoms with E-state index in [1.165, 1.54) is 6.26 Å². The van der Waals surface area contributed by atoms with Gasteiger partial charge in [-0.05, 0) is 44.3 Å². The fourth-order valence-electron chi connectivity index (χ4n) is 3.81. The van der Waals surface area contributed by atoms with Gasteiger partial charge in [-0.3, -0.25) is 0 Å². The summed E-state index contributed by atoms with van der Waals surface area (Å²) in [5, 5.41) is 10.2. The first kappa shape index (κ1) is 19.9. The molecule has 0 radical (unpaired) electrons. The minimum Gasteiger partial charge on any atom is -0.478 e. The van der Waals surface area contributed by atoms with Crippen molar-refractivity contribution in [2.45, 2.75) is 25.8 Å². The van der Waals surface area contributed by atoms with Crippen molar-refractivity contribution in [2.75, 3.05) is 32.4 Å². The Morgan fingerprint density at radius 1 is 1.22 bits per heavy atom. The molecule has 1 aromatic heterocycles. The fourth-order valence-corrected chi connectivity index (χ4v) is 4.27. The van der Waals surface area contributed by atoms with Gasteiger partial charge in [0, 0.05) is 36.7 Å². The Hall–Kier alpha value is -1.90. The summed E-state index contributed by atoms with van der Waals surface area (Å²) in [4.78, 5) is 13.8.